The van der Waals surface area contributed by atoms with Crippen LogP contribution in [0, 0.1) is 0 Å². The van der Waals surface area contributed by atoms with Crippen molar-refractivity contribution in [3.05, 3.63) is 17.5 Å². The fourth-order valence-electron chi connectivity index (χ4n) is 2.93. The van der Waals surface area contributed by atoms with Gasteiger partial charge in [-0.25, -0.2) is 8.42 Å². The molecular weight excluding hydrogens is 250 g/mol. The molecule has 0 amide bonds. The minimum Gasteiger partial charge on any atom is -0.326 e. The number of rotatable bonds is 3. The van der Waals surface area contributed by atoms with Gasteiger partial charge in [0.05, 0.1) is 23.2 Å². The van der Waals surface area contributed by atoms with Crippen LogP contribution in [0.15, 0.2) is 6.20 Å². The van der Waals surface area contributed by atoms with E-state index in [1.165, 1.54) is 18.5 Å². The predicted molar refractivity (Wildman–Crippen MR) is 69.0 cm³/mol. The quantitative estimate of drug-likeness (QED) is 0.878. The Morgan fingerprint density at radius 3 is 2.78 bits per heavy atom. The van der Waals surface area contributed by atoms with E-state index >= 15 is 0 Å². The molecule has 2 aliphatic rings. The van der Waals surface area contributed by atoms with Crippen molar-refractivity contribution in [2.75, 3.05) is 11.5 Å². The summed E-state index contributed by atoms with van der Waals surface area (Å²) in [7, 11) is -2.91. The van der Waals surface area contributed by atoms with Crippen molar-refractivity contribution < 1.29 is 8.42 Å². The fourth-order valence-corrected chi connectivity index (χ4v) is 5.04. The summed E-state index contributed by atoms with van der Waals surface area (Å²) in [6, 6.07) is 0. The number of hydrogen-bond acceptors (Lipinski definition) is 4. The predicted octanol–water partition coefficient (Wildman–Crippen LogP) is 0.753. The summed E-state index contributed by atoms with van der Waals surface area (Å²) in [6.45, 7) is 2.48. The molecule has 0 radical (unpaired) electrons. The summed E-state index contributed by atoms with van der Waals surface area (Å²) in [5.41, 5.74) is 7.62. The van der Waals surface area contributed by atoms with Crippen molar-refractivity contribution >= 4 is 9.84 Å². The van der Waals surface area contributed by atoms with E-state index < -0.39 is 9.84 Å². The molecule has 1 aliphatic heterocycles. The van der Waals surface area contributed by atoms with Gasteiger partial charge >= 0.3 is 0 Å². The molecule has 0 aromatic carbocycles. The highest BCUT2D eigenvalue weighted by Crippen LogP contribution is 2.44. The van der Waals surface area contributed by atoms with Gasteiger partial charge in [0.25, 0.3) is 0 Å². The number of nitrogens with zero attached hydrogens (tertiary/aromatic N) is 2. The van der Waals surface area contributed by atoms with E-state index in [-0.39, 0.29) is 17.0 Å². The summed E-state index contributed by atoms with van der Waals surface area (Å²) in [5.74, 6) is 1.00. The van der Waals surface area contributed by atoms with E-state index in [9.17, 15) is 8.42 Å². The van der Waals surface area contributed by atoms with Crippen LogP contribution in [0.2, 0.25) is 0 Å². The van der Waals surface area contributed by atoms with Crippen molar-refractivity contribution in [3.8, 4) is 0 Å². The lowest BCUT2D eigenvalue weighted by molar-refractivity contribution is 0.317. The number of aromatic nitrogens is 2. The van der Waals surface area contributed by atoms with Crippen molar-refractivity contribution in [3.63, 3.8) is 0 Å². The topological polar surface area (TPSA) is 78.0 Å². The normalized spacial score (nSPS) is 30.8. The van der Waals surface area contributed by atoms with Gasteiger partial charge in [-0.05, 0) is 26.2 Å². The van der Waals surface area contributed by atoms with Gasteiger partial charge in [-0.2, -0.15) is 5.10 Å². The summed E-state index contributed by atoms with van der Waals surface area (Å²) in [4.78, 5) is 0. The van der Waals surface area contributed by atoms with Gasteiger partial charge < -0.3 is 5.73 Å². The third-order valence-corrected chi connectivity index (χ3v) is 5.95. The lowest BCUT2D eigenvalue weighted by Gasteiger charge is -2.26. The zero-order chi connectivity index (χ0) is 13.0. The van der Waals surface area contributed by atoms with Crippen LogP contribution in [0.1, 0.15) is 43.4 Å². The molecule has 2 heterocycles. The Morgan fingerprint density at radius 2 is 2.28 bits per heavy atom. The average Bonchev–Trinajstić information content (AvgIpc) is 2.97. The number of sulfone groups is 1. The molecular formula is C12H19N3O2S. The van der Waals surface area contributed by atoms with E-state index in [2.05, 4.69) is 5.10 Å². The molecule has 100 valence electrons. The maximum absolute atomic E-state index is 11.7. The molecule has 0 spiro atoms. The fraction of sp³-hybridized carbons (Fsp3) is 0.750. The first-order valence-corrected chi connectivity index (χ1v) is 8.25. The molecule has 2 fully saturated rings. The van der Waals surface area contributed by atoms with Crippen LogP contribution in [0.4, 0.5) is 0 Å². The van der Waals surface area contributed by atoms with Crippen molar-refractivity contribution in [1.29, 1.82) is 0 Å². The van der Waals surface area contributed by atoms with Crippen LogP contribution < -0.4 is 5.73 Å². The Bertz CT molecular complexity index is 574. The van der Waals surface area contributed by atoms with Crippen LogP contribution in [0.25, 0.3) is 0 Å². The second-order valence-corrected chi connectivity index (χ2v) is 7.97. The molecule has 1 saturated carbocycles. The Morgan fingerprint density at radius 1 is 1.56 bits per heavy atom. The summed E-state index contributed by atoms with van der Waals surface area (Å²) >= 11 is 0. The average molecular weight is 269 g/mol. The highest BCUT2D eigenvalue weighted by atomic mass is 32.2. The van der Waals surface area contributed by atoms with Crippen molar-refractivity contribution in [2.24, 2.45) is 5.73 Å². The molecule has 1 saturated heterocycles. The van der Waals surface area contributed by atoms with Gasteiger partial charge in [0.1, 0.15) is 0 Å². The first-order valence-electron chi connectivity index (χ1n) is 6.43. The first-order chi connectivity index (χ1) is 8.45. The number of nitrogens with two attached hydrogens (primary N) is 1. The van der Waals surface area contributed by atoms with E-state index in [1.54, 1.807) is 0 Å². The van der Waals surface area contributed by atoms with Gasteiger partial charge in [-0.1, -0.05) is 0 Å². The molecule has 18 heavy (non-hydrogen) atoms. The highest BCUT2D eigenvalue weighted by molar-refractivity contribution is 7.91. The van der Waals surface area contributed by atoms with Crippen LogP contribution in [0.5, 0.6) is 0 Å². The standard InChI is InChI=1S/C12H19N3O2S/c1-12(4-5-18(16,17)8-12)15-11(9-2-3-9)10(6-13)7-14-15/h7,9H,2-6,8,13H2,1H3. The Labute approximate surface area is 107 Å². The molecule has 0 bridgehead atoms. The van der Waals surface area contributed by atoms with Crippen molar-refractivity contribution in [2.45, 2.75) is 44.2 Å². The maximum Gasteiger partial charge on any atom is 0.152 e. The smallest absolute Gasteiger partial charge is 0.152 e. The summed E-state index contributed by atoms with van der Waals surface area (Å²) in [5, 5.41) is 4.44. The largest absolute Gasteiger partial charge is 0.326 e. The second kappa shape index (κ2) is 3.81. The third-order valence-electron chi connectivity index (χ3n) is 4.06. The minimum atomic E-state index is -2.91. The van der Waals surface area contributed by atoms with Crippen LogP contribution >= 0.6 is 0 Å². The number of hydrogen-bond donors (Lipinski definition) is 1. The lowest BCUT2D eigenvalue weighted by atomic mass is 10.0. The van der Waals surface area contributed by atoms with Gasteiger partial charge in [0, 0.05) is 23.7 Å². The van der Waals surface area contributed by atoms with Gasteiger partial charge in [0.15, 0.2) is 9.84 Å². The summed E-state index contributed by atoms with van der Waals surface area (Å²) < 4.78 is 25.4. The molecule has 1 aliphatic carbocycles. The summed E-state index contributed by atoms with van der Waals surface area (Å²) in [6.07, 6.45) is 4.80. The van der Waals surface area contributed by atoms with Crippen LogP contribution in [-0.4, -0.2) is 29.7 Å². The molecule has 2 N–H and O–H groups in total. The van der Waals surface area contributed by atoms with Crippen LogP contribution in [-0.2, 0) is 21.9 Å². The zero-order valence-electron chi connectivity index (χ0n) is 10.6. The van der Waals surface area contributed by atoms with Gasteiger partial charge in [-0.3, -0.25) is 4.68 Å². The van der Waals surface area contributed by atoms with Crippen LogP contribution in [0.3, 0.4) is 0 Å². The monoisotopic (exact) mass is 269 g/mol. The molecule has 1 aromatic heterocycles. The SMILES string of the molecule is CC1(n2ncc(CN)c2C2CC2)CCS(=O)(=O)C1. The van der Waals surface area contributed by atoms with E-state index in [4.69, 9.17) is 5.73 Å². The molecule has 6 heteroatoms. The van der Waals surface area contributed by atoms with Gasteiger partial charge in [-0.15, -0.1) is 0 Å². The maximum atomic E-state index is 11.7. The molecule has 3 rings (SSSR count). The Balaban J connectivity index is 2.04. The first kappa shape index (κ1) is 12.2. The Hall–Kier alpha value is -0.880. The van der Waals surface area contributed by atoms with Gasteiger partial charge in [0.2, 0.25) is 0 Å². The third kappa shape index (κ3) is 1.87. The van der Waals surface area contributed by atoms with E-state index in [1.807, 2.05) is 17.8 Å². The van der Waals surface area contributed by atoms with E-state index in [0.717, 1.165) is 5.56 Å². The van der Waals surface area contributed by atoms with Crippen molar-refractivity contribution in [1.82, 2.24) is 9.78 Å². The Kier molecular flexibility index (Phi) is 2.57. The molecule has 1 aromatic rings. The molecule has 1 unspecified atom stereocenters. The highest BCUT2D eigenvalue weighted by Gasteiger charge is 2.43. The molecule has 1 atom stereocenters. The minimum absolute atomic E-state index is 0.200. The lowest BCUT2D eigenvalue weighted by Crippen LogP contribution is -2.34. The van der Waals surface area contributed by atoms with E-state index in [0.29, 0.717) is 18.9 Å². The zero-order valence-corrected chi connectivity index (χ0v) is 11.4. The second-order valence-electron chi connectivity index (χ2n) is 5.78. The molecule has 5 nitrogen and oxygen atoms in total.